The Hall–Kier alpha value is -3.42. The Bertz CT molecular complexity index is 1220. The zero-order valence-corrected chi connectivity index (χ0v) is 16.8. The van der Waals surface area contributed by atoms with Gasteiger partial charge < -0.3 is 13.9 Å². The van der Waals surface area contributed by atoms with Gasteiger partial charge in [-0.1, -0.05) is 26.0 Å². The molecule has 29 heavy (non-hydrogen) atoms. The Morgan fingerprint density at radius 2 is 2.00 bits per heavy atom. The van der Waals surface area contributed by atoms with E-state index >= 15 is 0 Å². The molecule has 8 heteroatoms. The van der Waals surface area contributed by atoms with E-state index in [-0.39, 0.29) is 17.2 Å². The molecule has 2 aliphatic rings. The summed E-state index contributed by atoms with van der Waals surface area (Å²) in [5, 5.41) is 6.43. The topological polar surface area (TPSA) is 94.8 Å². The van der Waals surface area contributed by atoms with Crippen molar-refractivity contribution in [2.75, 3.05) is 7.11 Å². The van der Waals surface area contributed by atoms with Gasteiger partial charge in [-0.15, -0.1) is 0 Å². The second kappa shape index (κ2) is 7.20. The second-order valence-electron chi connectivity index (χ2n) is 7.59. The molecule has 0 spiro atoms. The number of H-pyrrole nitrogens is 1. The molecular formula is C21H23N5O3. The molecule has 3 heterocycles. The number of para-hydroxylation sites is 2. The van der Waals surface area contributed by atoms with Crippen molar-refractivity contribution in [1.29, 1.82) is 0 Å². The fourth-order valence-electron chi connectivity index (χ4n) is 3.76. The number of fused-ring (bicyclic) bond motifs is 2. The predicted molar refractivity (Wildman–Crippen MR) is 109 cm³/mol. The third-order valence-corrected chi connectivity index (χ3v) is 5.16. The number of nitrogens with zero attached hydrogens (tertiary/aromatic N) is 4. The van der Waals surface area contributed by atoms with E-state index in [1.54, 1.807) is 12.4 Å². The number of carbonyl (C=O) groups excluding carboxylic acids is 1. The number of nitrogens with one attached hydrogen (secondary N) is 1. The van der Waals surface area contributed by atoms with E-state index in [9.17, 15) is 9.59 Å². The number of ether oxygens (including phenoxy) is 1. The van der Waals surface area contributed by atoms with E-state index in [2.05, 4.69) is 28.6 Å². The molecule has 1 aromatic heterocycles. The highest BCUT2D eigenvalue weighted by Gasteiger charge is 2.27. The number of carbonyl (C=O) groups is 1. The van der Waals surface area contributed by atoms with Crippen LogP contribution in [0.25, 0.3) is 22.3 Å². The lowest BCUT2D eigenvalue weighted by atomic mass is 10.0. The molecule has 0 fully saturated rings. The molecule has 0 amide bonds. The first-order chi connectivity index (χ1) is 13.9. The number of hydrogen-bond donors (Lipinski definition) is 1. The number of imidazole rings is 1. The number of aromatic nitrogens is 5. The number of hydrogen-bond acceptors (Lipinski definition) is 5. The molecule has 2 aromatic rings. The van der Waals surface area contributed by atoms with E-state index in [0.717, 1.165) is 23.3 Å². The lowest BCUT2D eigenvalue weighted by Crippen LogP contribution is -2.20. The molecule has 150 valence electrons. The molecular weight excluding hydrogens is 370 g/mol. The minimum Gasteiger partial charge on any atom is -0.465 e. The van der Waals surface area contributed by atoms with Gasteiger partial charge in [0.25, 0.3) is 5.56 Å². The second-order valence-corrected chi connectivity index (χ2v) is 7.59. The van der Waals surface area contributed by atoms with Gasteiger partial charge in [0.1, 0.15) is 17.1 Å². The van der Waals surface area contributed by atoms with Crippen LogP contribution in [0.5, 0.6) is 0 Å². The Balaban J connectivity index is 1.96. The fraction of sp³-hybridized carbons (Fsp3) is 0.333. The monoisotopic (exact) mass is 393 g/mol. The first kappa shape index (κ1) is 18.9. The molecule has 0 saturated carbocycles. The Morgan fingerprint density at radius 1 is 1.24 bits per heavy atom. The summed E-state index contributed by atoms with van der Waals surface area (Å²) in [6.45, 7) is 4.26. The molecule has 1 atom stereocenters. The first-order valence-corrected chi connectivity index (χ1v) is 9.50. The molecule has 8 nitrogen and oxygen atoms in total. The molecule has 0 bridgehead atoms. The summed E-state index contributed by atoms with van der Waals surface area (Å²) in [6.07, 6.45) is 4.21. The minimum absolute atomic E-state index is 0.172. The van der Waals surface area contributed by atoms with Crippen molar-refractivity contribution in [3.63, 3.8) is 0 Å². The summed E-state index contributed by atoms with van der Waals surface area (Å²) < 4.78 is 8.86. The smallest absolute Gasteiger partial charge is 0.341 e. The zero-order chi connectivity index (χ0) is 20.7. The Labute approximate surface area is 167 Å². The van der Waals surface area contributed by atoms with Gasteiger partial charge in [0.15, 0.2) is 0 Å². The van der Waals surface area contributed by atoms with Crippen molar-refractivity contribution in [1.82, 2.24) is 24.3 Å². The van der Waals surface area contributed by atoms with Crippen molar-refractivity contribution in [2.24, 2.45) is 13.0 Å². The first-order valence-electron chi connectivity index (χ1n) is 9.50. The van der Waals surface area contributed by atoms with E-state index in [0.29, 0.717) is 17.2 Å². The van der Waals surface area contributed by atoms with Crippen molar-refractivity contribution < 1.29 is 9.53 Å². The number of methoxy groups -OCH3 is 1. The van der Waals surface area contributed by atoms with Gasteiger partial charge in [0, 0.05) is 19.4 Å². The normalized spacial score (nSPS) is 12.7. The number of pyridine rings is 1. The van der Waals surface area contributed by atoms with Gasteiger partial charge in [-0.2, -0.15) is 5.10 Å². The summed E-state index contributed by atoms with van der Waals surface area (Å²) in [4.78, 5) is 29.5. The summed E-state index contributed by atoms with van der Waals surface area (Å²) in [7, 11) is 3.29. The zero-order valence-electron chi connectivity index (χ0n) is 16.8. The number of rotatable bonds is 5. The van der Waals surface area contributed by atoms with E-state index in [4.69, 9.17) is 9.72 Å². The van der Waals surface area contributed by atoms with Gasteiger partial charge in [-0.3, -0.25) is 4.79 Å². The molecule has 0 radical (unpaired) electrons. The summed E-state index contributed by atoms with van der Waals surface area (Å²) in [5.74, 6) is 0.681. The summed E-state index contributed by atoms with van der Waals surface area (Å²) in [5.41, 5.74) is 2.50. The molecule has 0 saturated heterocycles. The van der Waals surface area contributed by atoms with Crippen LogP contribution in [0.1, 0.15) is 42.5 Å². The molecule has 1 aromatic carbocycles. The largest absolute Gasteiger partial charge is 0.465 e. The van der Waals surface area contributed by atoms with Crippen LogP contribution in [0.4, 0.5) is 0 Å². The van der Waals surface area contributed by atoms with Gasteiger partial charge >= 0.3 is 5.97 Å². The molecule has 0 aliphatic carbocycles. The fourth-order valence-corrected chi connectivity index (χ4v) is 3.76. The van der Waals surface area contributed by atoms with Crippen LogP contribution in [-0.4, -0.2) is 37.4 Å². The Morgan fingerprint density at radius 3 is 2.69 bits per heavy atom. The SMILES string of the molecule is COC(=O)c1cn([C@H](CC(C)C)c2nc3ccccc3n2C)cc2c(=O)[nH]nc1-2. The highest BCUT2D eigenvalue weighted by Crippen LogP contribution is 2.31. The van der Waals surface area contributed by atoms with Crippen LogP contribution >= 0.6 is 0 Å². The standard InChI is InChI=1S/C21H23N5O3/c1-12(2)9-17(19-22-15-7-5-6-8-16(15)25(19)3)26-10-13-18(23-24-20(13)27)14(11-26)21(28)29-4/h5-8,10-12,17H,9H2,1-4H3,(H,24,27)/t17-/m1/s1. The third-order valence-electron chi connectivity index (χ3n) is 5.16. The van der Waals surface area contributed by atoms with Crippen LogP contribution < -0.4 is 5.56 Å². The minimum atomic E-state index is -0.538. The average molecular weight is 393 g/mol. The molecule has 0 unspecified atom stereocenters. The highest BCUT2D eigenvalue weighted by molar-refractivity contribution is 5.96. The van der Waals surface area contributed by atoms with Crippen LogP contribution in [-0.2, 0) is 11.8 Å². The van der Waals surface area contributed by atoms with Crippen molar-refractivity contribution in [3.8, 4) is 11.3 Å². The van der Waals surface area contributed by atoms with E-state index in [1.165, 1.54) is 7.11 Å². The predicted octanol–water partition coefficient (Wildman–Crippen LogP) is 2.99. The summed E-state index contributed by atoms with van der Waals surface area (Å²) >= 11 is 0. The molecule has 4 rings (SSSR count). The molecule has 2 aliphatic heterocycles. The third kappa shape index (κ3) is 3.20. The summed E-state index contributed by atoms with van der Waals surface area (Å²) in [6, 6.07) is 7.77. The molecule has 1 N–H and O–H groups in total. The van der Waals surface area contributed by atoms with Crippen LogP contribution in [0.3, 0.4) is 0 Å². The van der Waals surface area contributed by atoms with Gasteiger partial charge in [0.2, 0.25) is 0 Å². The van der Waals surface area contributed by atoms with Crippen molar-refractivity contribution in [2.45, 2.75) is 26.3 Å². The number of esters is 1. The van der Waals surface area contributed by atoms with Crippen molar-refractivity contribution >= 4 is 17.0 Å². The average Bonchev–Trinajstić information content (AvgIpc) is 3.25. The maximum atomic E-state index is 12.4. The quantitative estimate of drug-likeness (QED) is 0.526. The van der Waals surface area contributed by atoms with E-state index in [1.807, 2.05) is 35.9 Å². The van der Waals surface area contributed by atoms with Crippen molar-refractivity contribution in [3.05, 3.63) is 58.4 Å². The lowest BCUT2D eigenvalue weighted by molar-refractivity contribution is 0.0600. The van der Waals surface area contributed by atoms with Gasteiger partial charge in [-0.05, 0) is 24.5 Å². The van der Waals surface area contributed by atoms with E-state index < -0.39 is 5.97 Å². The number of benzene rings is 1. The highest BCUT2D eigenvalue weighted by atomic mass is 16.5. The van der Waals surface area contributed by atoms with Crippen LogP contribution in [0.2, 0.25) is 0 Å². The number of aromatic amines is 1. The Kier molecular flexibility index (Phi) is 4.70. The van der Waals surface area contributed by atoms with Crippen LogP contribution in [0.15, 0.2) is 41.5 Å². The van der Waals surface area contributed by atoms with Gasteiger partial charge in [0.05, 0.1) is 29.7 Å². The van der Waals surface area contributed by atoms with Gasteiger partial charge in [-0.25, -0.2) is 14.9 Å². The maximum Gasteiger partial charge on any atom is 0.341 e. The maximum absolute atomic E-state index is 12.4. The lowest BCUT2D eigenvalue weighted by Gasteiger charge is -2.24. The number of aryl methyl sites for hydroxylation is 1. The van der Waals surface area contributed by atoms with Crippen LogP contribution in [0, 0.1) is 5.92 Å².